The van der Waals surface area contributed by atoms with Gasteiger partial charge in [0.2, 0.25) is 0 Å². The van der Waals surface area contributed by atoms with E-state index < -0.39 is 7.40 Å². The molecule has 1 aliphatic rings. The number of aromatic hydroxyl groups is 1. The Balaban J connectivity index is 2.21. The van der Waals surface area contributed by atoms with Crippen molar-refractivity contribution < 1.29 is 13.7 Å². The third kappa shape index (κ3) is 2.52. The lowest BCUT2D eigenvalue weighted by atomic mass is 9.99. The number of aromatic nitrogens is 1. The summed E-state index contributed by atoms with van der Waals surface area (Å²) in [5.74, 6) is 0.123. The monoisotopic (exact) mass is 284 g/mol. The number of halogens is 2. The van der Waals surface area contributed by atoms with Crippen LogP contribution in [0.1, 0.15) is 11.3 Å². The van der Waals surface area contributed by atoms with Gasteiger partial charge in [-0.05, 0) is 48.2 Å². The van der Waals surface area contributed by atoms with E-state index in [0.717, 1.165) is 4.48 Å². The van der Waals surface area contributed by atoms with Crippen LogP contribution in [0.5, 0.6) is 5.75 Å². The summed E-state index contributed by atoms with van der Waals surface area (Å²) >= 11 is 0. The lowest BCUT2D eigenvalue weighted by molar-refractivity contribution is 0.475. The zero-order chi connectivity index (χ0) is 14.8. The van der Waals surface area contributed by atoms with Gasteiger partial charge >= 0.3 is 7.40 Å². The molecular formula is C15H11BF2N2O. The fourth-order valence-corrected chi connectivity index (χ4v) is 2.28. The van der Waals surface area contributed by atoms with Gasteiger partial charge in [0.1, 0.15) is 5.75 Å². The fraction of sp³-hybridized carbons (Fsp3) is 0. The summed E-state index contributed by atoms with van der Waals surface area (Å²) in [6, 6.07) is 9.61. The molecule has 1 aliphatic heterocycles. The largest absolute Gasteiger partial charge is 0.677 e. The van der Waals surface area contributed by atoms with E-state index in [4.69, 9.17) is 0 Å². The number of hydrogen-bond donors (Lipinski definition) is 1. The van der Waals surface area contributed by atoms with E-state index in [1.165, 1.54) is 18.3 Å². The van der Waals surface area contributed by atoms with E-state index in [-0.39, 0.29) is 5.75 Å². The molecule has 3 nitrogen and oxygen atoms in total. The minimum absolute atomic E-state index is 0.123. The minimum atomic E-state index is -2.63. The lowest BCUT2D eigenvalue weighted by Crippen LogP contribution is -2.15. The predicted octanol–water partition coefficient (Wildman–Crippen LogP) is 3.37. The van der Waals surface area contributed by atoms with Crippen molar-refractivity contribution in [3.8, 4) is 5.75 Å². The summed E-state index contributed by atoms with van der Waals surface area (Å²) in [6.45, 7) is 0. The Bertz CT molecular complexity index is 731. The Morgan fingerprint density at radius 3 is 2.52 bits per heavy atom. The SMILES string of the molecule is Oc1ccc(/C(=C2/C=CC=N2)c2cccn2B(F)F)cc1. The Morgan fingerprint density at radius 1 is 1.14 bits per heavy atom. The highest BCUT2D eigenvalue weighted by molar-refractivity contribution is 6.41. The highest BCUT2D eigenvalue weighted by Crippen LogP contribution is 2.31. The summed E-state index contributed by atoms with van der Waals surface area (Å²) in [5, 5.41) is 9.39. The van der Waals surface area contributed by atoms with Gasteiger partial charge < -0.3 is 9.58 Å². The Labute approximate surface area is 120 Å². The molecule has 0 spiro atoms. The van der Waals surface area contributed by atoms with E-state index in [1.54, 1.807) is 42.6 Å². The van der Waals surface area contributed by atoms with Gasteiger partial charge in [0.25, 0.3) is 0 Å². The van der Waals surface area contributed by atoms with Crippen LogP contribution in [0.4, 0.5) is 8.63 Å². The van der Waals surface area contributed by atoms with Crippen molar-refractivity contribution in [1.29, 1.82) is 0 Å². The van der Waals surface area contributed by atoms with Crippen LogP contribution < -0.4 is 0 Å². The maximum Gasteiger partial charge on any atom is 0.677 e. The Morgan fingerprint density at radius 2 is 1.90 bits per heavy atom. The number of phenolic OH excluding ortho intramolecular Hbond substituents is 1. The summed E-state index contributed by atoms with van der Waals surface area (Å²) in [6.07, 6.45) is 6.48. The van der Waals surface area contributed by atoms with Crippen molar-refractivity contribution in [3.05, 3.63) is 71.7 Å². The van der Waals surface area contributed by atoms with Crippen LogP contribution in [-0.2, 0) is 0 Å². The first-order valence-corrected chi connectivity index (χ1v) is 6.36. The molecule has 2 heterocycles. The molecule has 0 aliphatic carbocycles. The van der Waals surface area contributed by atoms with E-state index >= 15 is 0 Å². The highest BCUT2D eigenvalue weighted by atomic mass is 19.2. The quantitative estimate of drug-likeness (QED) is 0.862. The number of hydrogen-bond acceptors (Lipinski definition) is 2. The molecule has 104 valence electrons. The van der Waals surface area contributed by atoms with Crippen molar-refractivity contribution in [2.24, 2.45) is 4.99 Å². The van der Waals surface area contributed by atoms with Crippen LogP contribution in [0.25, 0.3) is 5.57 Å². The molecule has 0 unspecified atom stereocenters. The molecule has 3 rings (SSSR count). The number of benzene rings is 1. The van der Waals surface area contributed by atoms with E-state index in [0.29, 0.717) is 22.5 Å². The van der Waals surface area contributed by atoms with Crippen molar-refractivity contribution in [2.75, 3.05) is 0 Å². The molecule has 0 radical (unpaired) electrons. The zero-order valence-electron chi connectivity index (χ0n) is 10.9. The third-order valence-corrected chi connectivity index (χ3v) is 3.21. The molecule has 1 N–H and O–H groups in total. The second-order valence-corrected chi connectivity index (χ2v) is 4.52. The number of nitrogens with zero attached hydrogens (tertiary/aromatic N) is 2. The van der Waals surface area contributed by atoms with Crippen molar-refractivity contribution >= 4 is 19.2 Å². The molecule has 0 bridgehead atoms. The van der Waals surface area contributed by atoms with Crippen LogP contribution >= 0.6 is 0 Å². The van der Waals surface area contributed by atoms with Gasteiger partial charge in [0.15, 0.2) is 0 Å². The molecule has 0 saturated carbocycles. The predicted molar refractivity (Wildman–Crippen MR) is 79.6 cm³/mol. The lowest BCUT2D eigenvalue weighted by Gasteiger charge is -2.12. The molecule has 21 heavy (non-hydrogen) atoms. The van der Waals surface area contributed by atoms with Gasteiger partial charge in [0.05, 0.1) is 5.70 Å². The fourth-order valence-electron chi connectivity index (χ4n) is 2.28. The number of allylic oxidation sites excluding steroid dienone is 2. The van der Waals surface area contributed by atoms with E-state index in [1.807, 2.05) is 0 Å². The second-order valence-electron chi connectivity index (χ2n) is 4.52. The third-order valence-electron chi connectivity index (χ3n) is 3.21. The van der Waals surface area contributed by atoms with Crippen LogP contribution in [0, 0.1) is 0 Å². The summed E-state index contributed by atoms with van der Waals surface area (Å²) < 4.78 is 27.2. The minimum Gasteiger partial charge on any atom is -0.508 e. The van der Waals surface area contributed by atoms with Gasteiger partial charge in [-0.3, -0.25) is 13.6 Å². The number of aliphatic imine (C=N–C) groups is 1. The normalized spacial score (nSPS) is 15.5. The zero-order valence-corrected chi connectivity index (χ0v) is 10.9. The summed E-state index contributed by atoms with van der Waals surface area (Å²) in [7, 11) is -2.63. The van der Waals surface area contributed by atoms with Gasteiger partial charge in [-0.15, -0.1) is 0 Å². The van der Waals surface area contributed by atoms with E-state index in [9.17, 15) is 13.7 Å². The second kappa shape index (κ2) is 5.40. The molecule has 6 heteroatoms. The molecule has 0 saturated heterocycles. The average molecular weight is 284 g/mol. The number of rotatable bonds is 3. The first-order chi connectivity index (χ1) is 10.2. The van der Waals surface area contributed by atoms with Crippen molar-refractivity contribution in [2.45, 2.75) is 0 Å². The van der Waals surface area contributed by atoms with Crippen LogP contribution in [0.15, 0.2) is 65.4 Å². The Kier molecular flexibility index (Phi) is 3.44. The molecular weight excluding hydrogens is 273 g/mol. The molecule has 0 amide bonds. The van der Waals surface area contributed by atoms with Crippen molar-refractivity contribution in [1.82, 2.24) is 4.48 Å². The molecule has 1 aromatic heterocycles. The number of phenols is 1. The molecule has 0 atom stereocenters. The average Bonchev–Trinajstić information content (AvgIpc) is 3.13. The topological polar surface area (TPSA) is 37.5 Å². The van der Waals surface area contributed by atoms with E-state index in [2.05, 4.69) is 4.99 Å². The van der Waals surface area contributed by atoms with Gasteiger partial charge in [-0.1, -0.05) is 12.1 Å². The maximum atomic E-state index is 13.1. The van der Waals surface area contributed by atoms with Crippen LogP contribution in [0.3, 0.4) is 0 Å². The van der Waals surface area contributed by atoms with Gasteiger partial charge in [0, 0.05) is 17.5 Å². The highest BCUT2D eigenvalue weighted by Gasteiger charge is 2.23. The van der Waals surface area contributed by atoms with Gasteiger partial charge in [-0.25, -0.2) is 0 Å². The first-order valence-electron chi connectivity index (χ1n) is 6.36. The molecule has 1 aromatic carbocycles. The summed E-state index contributed by atoms with van der Waals surface area (Å²) in [5.41, 5.74) is 2.31. The van der Waals surface area contributed by atoms with Crippen molar-refractivity contribution in [3.63, 3.8) is 0 Å². The van der Waals surface area contributed by atoms with Crippen LogP contribution in [-0.4, -0.2) is 23.2 Å². The maximum absolute atomic E-state index is 13.1. The molecule has 2 aromatic rings. The first kappa shape index (κ1) is 13.4. The Hall–Kier alpha value is -2.63. The smallest absolute Gasteiger partial charge is 0.508 e. The summed E-state index contributed by atoms with van der Waals surface area (Å²) in [4.78, 5) is 4.21. The van der Waals surface area contributed by atoms with Gasteiger partial charge in [-0.2, -0.15) is 0 Å². The van der Waals surface area contributed by atoms with Crippen LogP contribution in [0.2, 0.25) is 0 Å². The molecule has 0 fully saturated rings. The standard InChI is InChI=1S/C15H11BF2N2O/c17-16(18)20-10-2-4-14(20)15(13-3-1-9-19-13)11-5-7-12(21)8-6-11/h1-10,21H/b15-13+.